The summed E-state index contributed by atoms with van der Waals surface area (Å²) in [6.07, 6.45) is 3.97. The molecule has 3 saturated carbocycles. The highest BCUT2D eigenvalue weighted by Crippen LogP contribution is 2.46. The predicted molar refractivity (Wildman–Crippen MR) is 127 cm³/mol. The number of imidazole rings is 1. The molecule has 0 aliphatic heterocycles. The second-order valence-corrected chi connectivity index (χ2v) is 10.9. The summed E-state index contributed by atoms with van der Waals surface area (Å²) in [4.78, 5) is 29.7. The number of carbonyl (C=O) groups is 2. The number of aromatic nitrogens is 3. The number of nitrogens with zero attached hydrogens (tertiary/aromatic N) is 3. The summed E-state index contributed by atoms with van der Waals surface area (Å²) in [5.74, 6) is -4.89. The molecule has 0 unspecified atom stereocenters. The zero-order valence-electron chi connectivity index (χ0n) is 20.8. The fourth-order valence-corrected chi connectivity index (χ4v) is 5.49. The van der Waals surface area contributed by atoms with Gasteiger partial charge in [0.15, 0.2) is 5.65 Å². The second-order valence-electron chi connectivity index (χ2n) is 10.9. The van der Waals surface area contributed by atoms with Gasteiger partial charge in [-0.25, -0.2) is 27.1 Å². The topological polar surface area (TPSA) is 88.4 Å². The van der Waals surface area contributed by atoms with Crippen molar-refractivity contribution in [1.82, 2.24) is 25.2 Å². The Morgan fingerprint density at radius 1 is 1.11 bits per heavy atom. The molecule has 2 heterocycles. The number of carbonyl (C=O) groups excluding carboxylic acids is 2. The summed E-state index contributed by atoms with van der Waals surface area (Å²) in [5, 5.41) is 10.4. The van der Waals surface area contributed by atoms with Crippen molar-refractivity contribution in [2.24, 2.45) is 23.7 Å². The van der Waals surface area contributed by atoms with Gasteiger partial charge in [0, 0.05) is 31.1 Å². The molecule has 3 aliphatic carbocycles. The standard InChI is InChI=1S/C26H33F4N5O2/c1-2-3-21(36)33-22(14-4-5-14)16-10-20-32-19(13-35(20)31-12-16)23(15-6-8-26(29,30)9-7-15)34-25(37)18-11-17(18)24(27)28/h10,12-15,17-18,22-24H,2-9,11H2,1H3,(H,33,36)(H,34,37)/t17-,18+,22-,23+/m1/s1. The number of fused-ring (bicyclic) bond motifs is 1. The van der Waals surface area contributed by atoms with Gasteiger partial charge in [-0.05, 0) is 62.0 Å². The van der Waals surface area contributed by atoms with Crippen molar-refractivity contribution in [3.8, 4) is 0 Å². The molecule has 37 heavy (non-hydrogen) atoms. The lowest BCUT2D eigenvalue weighted by molar-refractivity contribution is -0.125. The highest BCUT2D eigenvalue weighted by Gasteiger charge is 2.50. The summed E-state index contributed by atoms with van der Waals surface area (Å²) in [6, 6.07) is 1.03. The summed E-state index contributed by atoms with van der Waals surface area (Å²) >= 11 is 0. The first-order valence-corrected chi connectivity index (χ1v) is 13.3. The first-order chi connectivity index (χ1) is 17.6. The fraction of sp³-hybridized carbons (Fsp3) is 0.692. The van der Waals surface area contributed by atoms with Crippen molar-refractivity contribution in [2.75, 3.05) is 0 Å². The Kier molecular flexibility index (Phi) is 7.15. The van der Waals surface area contributed by atoms with Crippen LogP contribution < -0.4 is 10.6 Å². The van der Waals surface area contributed by atoms with Gasteiger partial charge in [0.05, 0.1) is 30.2 Å². The molecular weight excluding hydrogens is 490 g/mol. The highest BCUT2D eigenvalue weighted by molar-refractivity contribution is 5.82. The molecule has 7 nitrogen and oxygen atoms in total. The number of amides is 2. The maximum atomic E-state index is 13.9. The Hall–Kier alpha value is -2.72. The maximum absolute atomic E-state index is 13.9. The van der Waals surface area contributed by atoms with Crippen LogP contribution in [0, 0.1) is 23.7 Å². The monoisotopic (exact) mass is 523 g/mol. The molecule has 202 valence electrons. The van der Waals surface area contributed by atoms with Crippen LogP contribution in [0.15, 0.2) is 18.5 Å². The summed E-state index contributed by atoms with van der Waals surface area (Å²) in [5.41, 5.74) is 1.83. The minimum absolute atomic E-state index is 0.0117. The average molecular weight is 524 g/mol. The molecule has 4 atom stereocenters. The zero-order valence-corrected chi connectivity index (χ0v) is 20.8. The Morgan fingerprint density at radius 3 is 2.43 bits per heavy atom. The SMILES string of the molecule is CCCC(=O)N[C@@H](c1cnn2cc([C@@H](NC(=O)[C@H]3C[C@H]3C(F)F)C3CCC(F)(F)CC3)nc2c1)C1CC1. The largest absolute Gasteiger partial charge is 0.349 e. The van der Waals surface area contributed by atoms with Crippen molar-refractivity contribution < 1.29 is 27.2 Å². The third-order valence-corrected chi connectivity index (χ3v) is 7.96. The van der Waals surface area contributed by atoms with Crippen LogP contribution in [0.4, 0.5) is 17.6 Å². The summed E-state index contributed by atoms with van der Waals surface area (Å²) in [7, 11) is 0. The number of hydrogen-bond donors (Lipinski definition) is 2. The number of rotatable bonds is 10. The van der Waals surface area contributed by atoms with Crippen LogP contribution >= 0.6 is 0 Å². The Bertz CT molecular complexity index is 1140. The molecule has 0 aromatic carbocycles. The van der Waals surface area contributed by atoms with E-state index in [4.69, 9.17) is 0 Å². The Labute approximate surface area is 212 Å². The lowest BCUT2D eigenvalue weighted by atomic mass is 9.81. The van der Waals surface area contributed by atoms with E-state index in [2.05, 4.69) is 20.7 Å². The molecule has 5 rings (SSSR count). The van der Waals surface area contributed by atoms with E-state index in [0.717, 1.165) is 24.8 Å². The molecule has 2 N–H and O–H groups in total. The number of halogens is 4. The predicted octanol–water partition coefficient (Wildman–Crippen LogP) is 4.98. The summed E-state index contributed by atoms with van der Waals surface area (Å²) < 4.78 is 55.3. The lowest BCUT2D eigenvalue weighted by Crippen LogP contribution is -2.38. The van der Waals surface area contributed by atoms with Crippen LogP contribution in [0.5, 0.6) is 0 Å². The number of nitrogens with one attached hydrogen (secondary N) is 2. The van der Waals surface area contributed by atoms with Gasteiger partial charge in [-0.15, -0.1) is 0 Å². The molecule has 2 aromatic rings. The fourth-order valence-electron chi connectivity index (χ4n) is 5.49. The molecule has 0 radical (unpaired) electrons. The Morgan fingerprint density at radius 2 is 1.81 bits per heavy atom. The van der Waals surface area contributed by atoms with Crippen molar-refractivity contribution >= 4 is 17.5 Å². The van der Waals surface area contributed by atoms with Gasteiger partial charge >= 0.3 is 0 Å². The van der Waals surface area contributed by atoms with E-state index >= 15 is 0 Å². The van der Waals surface area contributed by atoms with E-state index in [0.29, 0.717) is 23.7 Å². The molecule has 3 fully saturated rings. The number of hydrogen-bond acceptors (Lipinski definition) is 4. The highest BCUT2D eigenvalue weighted by atomic mass is 19.3. The van der Waals surface area contributed by atoms with E-state index in [9.17, 15) is 27.2 Å². The second kappa shape index (κ2) is 10.2. The zero-order chi connectivity index (χ0) is 26.3. The molecule has 0 bridgehead atoms. The first kappa shape index (κ1) is 25.9. The lowest BCUT2D eigenvalue weighted by Gasteiger charge is -2.33. The van der Waals surface area contributed by atoms with Crippen molar-refractivity contribution in [3.63, 3.8) is 0 Å². The van der Waals surface area contributed by atoms with Gasteiger partial charge < -0.3 is 10.6 Å². The van der Waals surface area contributed by atoms with Gasteiger partial charge in [0.1, 0.15) is 0 Å². The van der Waals surface area contributed by atoms with Gasteiger partial charge in [-0.2, -0.15) is 5.10 Å². The van der Waals surface area contributed by atoms with Crippen LogP contribution in [0.1, 0.15) is 88.1 Å². The minimum atomic E-state index is -2.74. The van der Waals surface area contributed by atoms with E-state index in [1.54, 1.807) is 16.9 Å². The molecule has 3 aliphatic rings. The van der Waals surface area contributed by atoms with E-state index in [1.165, 1.54) is 0 Å². The van der Waals surface area contributed by atoms with Gasteiger partial charge in [-0.3, -0.25) is 9.59 Å². The van der Waals surface area contributed by atoms with E-state index in [-0.39, 0.29) is 50.0 Å². The smallest absolute Gasteiger partial charge is 0.248 e. The summed E-state index contributed by atoms with van der Waals surface area (Å²) in [6.45, 7) is 1.95. The van der Waals surface area contributed by atoms with Crippen molar-refractivity contribution in [2.45, 2.75) is 89.1 Å². The van der Waals surface area contributed by atoms with Crippen LogP contribution in [-0.2, 0) is 9.59 Å². The van der Waals surface area contributed by atoms with Crippen LogP contribution in [0.25, 0.3) is 5.65 Å². The van der Waals surface area contributed by atoms with E-state index in [1.807, 2.05) is 13.0 Å². The van der Waals surface area contributed by atoms with Gasteiger partial charge in [0.2, 0.25) is 24.2 Å². The van der Waals surface area contributed by atoms with Gasteiger partial charge in [0.25, 0.3) is 0 Å². The third-order valence-electron chi connectivity index (χ3n) is 7.96. The molecule has 2 amide bonds. The third kappa shape index (κ3) is 5.90. The molecule has 2 aromatic heterocycles. The maximum Gasteiger partial charge on any atom is 0.248 e. The number of alkyl halides is 4. The molecule has 11 heteroatoms. The quantitative estimate of drug-likeness (QED) is 0.430. The molecular formula is C26H33F4N5O2. The molecule has 0 saturated heterocycles. The molecule has 0 spiro atoms. The van der Waals surface area contributed by atoms with Crippen molar-refractivity contribution in [3.05, 3.63) is 29.7 Å². The minimum Gasteiger partial charge on any atom is -0.349 e. The van der Waals surface area contributed by atoms with Crippen LogP contribution in [0.2, 0.25) is 0 Å². The van der Waals surface area contributed by atoms with Gasteiger partial charge in [-0.1, -0.05) is 6.92 Å². The first-order valence-electron chi connectivity index (χ1n) is 13.3. The van der Waals surface area contributed by atoms with Crippen LogP contribution in [0.3, 0.4) is 0 Å². The normalized spacial score (nSPS) is 25.1. The Balaban J connectivity index is 1.39. The van der Waals surface area contributed by atoms with E-state index < -0.39 is 36.1 Å². The van der Waals surface area contributed by atoms with Crippen LogP contribution in [-0.4, -0.2) is 38.8 Å². The average Bonchev–Trinajstić information content (AvgIpc) is 3.77. The van der Waals surface area contributed by atoms with Crippen molar-refractivity contribution in [1.29, 1.82) is 0 Å².